The Morgan fingerprint density at radius 2 is 1.62 bits per heavy atom. The second kappa shape index (κ2) is 9.97. The molecule has 174 valence electrons. The van der Waals surface area contributed by atoms with Gasteiger partial charge in [-0.05, 0) is 39.9 Å². The van der Waals surface area contributed by atoms with Crippen molar-refractivity contribution in [3.8, 4) is 11.1 Å². The van der Waals surface area contributed by atoms with E-state index in [0.717, 1.165) is 22.3 Å². The molecule has 3 N–H and O–H groups in total. The van der Waals surface area contributed by atoms with Crippen LogP contribution in [-0.4, -0.2) is 35.7 Å². The second-order valence-electron chi connectivity index (χ2n) is 8.06. The number of anilines is 1. The third-order valence-corrected chi connectivity index (χ3v) is 6.04. The Bertz CT molecular complexity index is 1210. The van der Waals surface area contributed by atoms with Crippen molar-refractivity contribution in [3.05, 3.63) is 88.4 Å². The summed E-state index contributed by atoms with van der Waals surface area (Å²) in [6, 6.07) is 19.5. The summed E-state index contributed by atoms with van der Waals surface area (Å²) in [7, 11) is 0. The Labute approximate surface area is 201 Å². The predicted molar refractivity (Wildman–Crippen MR) is 129 cm³/mol. The highest BCUT2D eigenvalue weighted by Crippen LogP contribution is 2.44. The normalized spacial score (nSPS) is 12.9. The molecule has 3 aromatic rings. The fourth-order valence-corrected chi connectivity index (χ4v) is 4.37. The largest absolute Gasteiger partial charge is 0.480 e. The van der Waals surface area contributed by atoms with Gasteiger partial charge in [0.2, 0.25) is 5.91 Å². The molecule has 0 heterocycles. The van der Waals surface area contributed by atoms with E-state index in [0.29, 0.717) is 16.3 Å². The van der Waals surface area contributed by atoms with E-state index in [9.17, 15) is 19.5 Å². The SMILES string of the molecule is CC(=O)Nc1cc(CC(NC(=O)OCC2c3ccccc3-c3ccccc32)C(=O)O)ccc1Cl. The standard InChI is InChI=1S/C26H23ClN2O5/c1-15(30)28-23-12-16(10-11-22(23)27)13-24(25(31)32)29-26(33)34-14-21-19-8-4-2-6-17(19)18-7-3-5-9-20(18)21/h2-12,21,24H,13-14H2,1H3,(H,28,30)(H,29,33)(H,31,32). The number of rotatable bonds is 7. The first-order chi connectivity index (χ1) is 16.3. The summed E-state index contributed by atoms with van der Waals surface area (Å²) in [5.74, 6) is -1.63. The molecule has 0 bridgehead atoms. The number of carbonyl (C=O) groups excluding carboxylic acids is 2. The summed E-state index contributed by atoms with van der Waals surface area (Å²) in [5, 5.41) is 15.0. The molecule has 1 unspecified atom stereocenters. The first kappa shape index (κ1) is 23.3. The van der Waals surface area contributed by atoms with Gasteiger partial charge in [-0.15, -0.1) is 0 Å². The zero-order valence-corrected chi connectivity index (χ0v) is 19.1. The highest BCUT2D eigenvalue weighted by molar-refractivity contribution is 6.33. The highest BCUT2D eigenvalue weighted by Gasteiger charge is 2.29. The number of hydrogen-bond acceptors (Lipinski definition) is 4. The van der Waals surface area contributed by atoms with Crippen molar-refractivity contribution in [2.24, 2.45) is 0 Å². The zero-order valence-electron chi connectivity index (χ0n) is 18.4. The molecule has 0 fully saturated rings. The van der Waals surface area contributed by atoms with E-state index in [2.05, 4.69) is 10.6 Å². The molecule has 8 heteroatoms. The van der Waals surface area contributed by atoms with Crippen molar-refractivity contribution < 1.29 is 24.2 Å². The molecule has 0 aromatic heterocycles. The van der Waals surface area contributed by atoms with Crippen molar-refractivity contribution in [1.29, 1.82) is 0 Å². The third-order valence-electron chi connectivity index (χ3n) is 5.72. The van der Waals surface area contributed by atoms with Crippen LogP contribution in [0.25, 0.3) is 11.1 Å². The van der Waals surface area contributed by atoms with Crippen LogP contribution >= 0.6 is 11.6 Å². The minimum absolute atomic E-state index is 0.0106. The maximum atomic E-state index is 12.5. The lowest BCUT2D eigenvalue weighted by atomic mass is 9.98. The van der Waals surface area contributed by atoms with Crippen molar-refractivity contribution in [2.45, 2.75) is 25.3 Å². The maximum Gasteiger partial charge on any atom is 0.407 e. The van der Waals surface area contributed by atoms with E-state index in [-0.39, 0.29) is 24.9 Å². The molecule has 0 spiro atoms. The van der Waals surface area contributed by atoms with E-state index in [4.69, 9.17) is 16.3 Å². The Morgan fingerprint density at radius 1 is 1.00 bits per heavy atom. The first-order valence-corrected chi connectivity index (χ1v) is 11.1. The van der Waals surface area contributed by atoms with E-state index in [1.54, 1.807) is 18.2 Å². The summed E-state index contributed by atoms with van der Waals surface area (Å²) in [4.78, 5) is 35.7. The fraction of sp³-hybridized carbons (Fsp3) is 0.192. The Morgan fingerprint density at radius 3 is 2.21 bits per heavy atom. The molecule has 0 radical (unpaired) electrons. The molecule has 1 aliphatic rings. The van der Waals surface area contributed by atoms with Crippen molar-refractivity contribution in [2.75, 3.05) is 11.9 Å². The summed E-state index contributed by atoms with van der Waals surface area (Å²) in [6.45, 7) is 1.43. The van der Waals surface area contributed by atoms with E-state index >= 15 is 0 Å². The van der Waals surface area contributed by atoms with Gasteiger partial charge in [0.15, 0.2) is 0 Å². The summed E-state index contributed by atoms with van der Waals surface area (Å²) < 4.78 is 5.46. The molecule has 4 rings (SSSR count). The highest BCUT2D eigenvalue weighted by atomic mass is 35.5. The number of benzene rings is 3. The molecule has 0 saturated carbocycles. The van der Waals surface area contributed by atoms with Gasteiger partial charge in [0, 0.05) is 19.3 Å². The van der Waals surface area contributed by atoms with E-state index < -0.39 is 18.1 Å². The number of carboxylic acid groups (broad SMARTS) is 1. The number of nitrogens with one attached hydrogen (secondary N) is 2. The molecule has 3 aromatic carbocycles. The van der Waals surface area contributed by atoms with Gasteiger partial charge in [0.1, 0.15) is 12.6 Å². The van der Waals surface area contributed by atoms with Crippen LogP contribution in [0.3, 0.4) is 0 Å². The smallest absolute Gasteiger partial charge is 0.407 e. The summed E-state index contributed by atoms with van der Waals surface area (Å²) >= 11 is 6.08. The fourth-order valence-electron chi connectivity index (χ4n) is 4.20. The van der Waals surface area contributed by atoms with Gasteiger partial charge in [0.25, 0.3) is 0 Å². The topological polar surface area (TPSA) is 105 Å². The van der Waals surface area contributed by atoms with Crippen molar-refractivity contribution >= 4 is 35.3 Å². The average molecular weight is 479 g/mol. The lowest BCUT2D eigenvalue weighted by molar-refractivity contribution is -0.139. The van der Waals surface area contributed by atoms with Crippen LogP contribution in [-0.2, 0) is 20.7 Å². The average Bonchev–Trinajstić information content (AvgIpc) is 3.13. The van der Waals surface area contributed by atoms with Gasteiger partial charge >= 0.3 is 12.1 Å². The van der Waals surface area contributed by atoms with Crippen LogP contribution in [0.15, 0.2) is 66.7 Å². The van der Waals surface area contributed by atoms with E-state index in [1.807, 2.05) is 48.5 Å². The van der Waals surface area contributed by atoms with Crippen molar-refractivity contribution in [3.63, 3.8) is 0 Å². The number of ether oxygens (including phenoxy) is 1. The minimum Gasteiger partial charge on any atom is -0.480 e. The Hall–Kier alpha value is -3.84. The zero-order chi connectivity index (χ0) is 24.2. The van der Waals surface area contributed by atoms with Crippen LogP contribution in [0.5, 0.6) is 0 Å². The molecule has 2 amide bonds. The molecular formula is C26H23ClN2O5. The van der Waals surface area contributed by atoms with Gasteiger partial charge in [-0.2, -0.15) is 0 Å². The predicted octanol–water partition coefficient (Wildman–Crippen LogP) is 4.83. The molecule has 0 aliphatic heterocycles. The summed E-state index contributed by atoms with van der Waals surface area (Å²) in [6.07, 6.45) is -0.825. The number of aliphatic carboxylic acids is 1. The van der Waals surface area contributed by atoms with Crippen LogP contribution < -0.4 is 10.6 Å². The van der Waals surface area contributed by atoms with Crippen LogP contribution in [0.1, 0.15) is 29.5 Å². The van der Waals surface area contributed by atoms with Gasteiger partial charge in [-0.3, -0.25) is 4.79 Å². The van der Waals surface area contributed by atoms with Crippen molar-refractivity contribution in [1.82, 2.24) is 5.32 Å². The van der Waals surface area contributed by atoms with Crippen LogP contribution in [0.4, 0.5) is 10.5 Å². The monoisotopic (exact) mass is 478 g/mol. The minimum atomic E-state index is -1.22. The van der Waals surface area contributed by atoms with E-state index in [1.165, 1.54) is 6.92 Å². The molecule has 1 atom stereocenters. The number of alkyl carbamates (subject to hydrolysis) is 1. The molecular weight excluding hydrogens is 456 g/mol. The second-order valence-corrected chi connectivity index (χ2v) is 8.47. The number of carboxylic acids is 1. The lowest BCUT2D eigenvalue weighted by Crippen LogP contribution is -2.42. The number of halogens is 1. The summed E-state index contributed by atoms with van der Waals surface area (Å²) in [5.41, 5.74) is 5.30. The molecule has 7 nitrogen and oxygen atoms in total. The van der Waals surface area contributed by atoms with Gasteiger partial charge in [0.05, 0.1) is 10.7 Å². The maximum absolute atomic E-state index is 12.5. The number of fused-ring (bicyclic) bond motifs is 3. The Balaban J connectivity index is 1.43. The van der Waals surface area contributed by atoms with Gasteiger partial charge in [-0.1, -0.05) is 66.2 Å². The number of carbonyl (C=O) groups is 3. The number of amides is 2. The first-order valence-electron chi connectivity index (χ1n) is 10.7. The van der Waals surface area contributed by atoms with Crippen LogP contribution in [0.2, 0.25) is 5.02 Å². The quantitative estimate of drug-likeness (QED) is 0.451. The lowest BCUT2D eigenvalue weighted by Gasteiger charge is -2.18. The third kappa shape index (κ3) is 5.05. The van der Waals surface area contributed by atoms with Gasteiger partial charge < -0.3 is 20.5 Å². The Kier molecular flexibility index (Phi) is 6.84. The van der Waals surface area contributed by atoms with Gasteiger partial charge in [-0.25, -0.2) is 9.59 Å². The number of hydrogen-bond donors (Lipinski definition) is 3. The van der Waals surface area contributed by atoms with Crippen LogP contribution in [0, 0.1) is 0 Å². The molecule has 0 saturated heterocycles. The molecule has 1 aliphatic carbocycles. The molecule has 34 heavy (non-hydrogen) atoms.